The minimum Gasteiger partial charge on any atom is -0.497 e. The predicted molar refractivity (Wildman–Crippen MR) is 113 cm³/mol. The van der Waals surface area contributed by atoms with Crippen LogP contribution in [-0.4, -0.2) is 22.3 Å². The lowest BCUT2D eigenvalue weighted by Gasteiger charge is -2.34. The number of methoxy groups -OCH3 is 1. The summed E-state index contributed by atoms with van der Waals surface area (Å²) in [4.78, 5) is 4.43. The molecule has 0 aliphatic heterocycles. The molecule has 1 aliphatic carbocycles. The summed E-state index contributed by atoms with van der Waals surface area (Å²) in [7, 11) is 1.69. The van der Waals surface area contributed by atoms with Gasteiger partial charge in [-0.3, -0.25) is 5.10 Å². The standard InChI is InChI=1S/C23H19N3OS/c1-27-18-9-7-17(8-10-18)23(16-5-3-2-4-6-16)12-11-19-20(13-23)25-26-22(19)21-14-28-15-24-21/h2-12,14-15H,13H2,1H3,(H,25,26). The van der Waals surface area contributed by atoms with E-state index < -0.39 is 0 Å². The molecule has 0 bridgehead atoms. The van der Waals surface area contributed by atoms with Gasteiger partial charge in [0.25, 0.3) is 0 Å². The molecule has 2 aromatic carbocycles. The fourth-order valence-electron chi connectivity index (χ4n) is 3.98. The molecule has 0 spiro atoms. The number of allylic oxidation sites excluding steroid dienone is 1. The van der Waals surface area contributed by atoms with Crippen molar-refractivity contribution in [1.82, 2.24) is 15.2 Å². The first-order chi connectivity index (χ1) is 13.8. The van der Waals surface area contributed by atoms with Gasteiger partial charge in [-0.2, -0.15) is 5.10 Å². The van der Waals surface area contributed by atoms with Gasteiger partial charge in [-0.15, -0.1) is 11.3 Å². The van der Waals surface area contributed by atoms with Crippen molar-refractivity contribution in [3.63, 3.8) is 0 Å². The Labute approximate surface area is 167 Å². The second-order valence-electron chi connectivity index (χ2n) is 6.91. The van der Waals surface area contributed by atoms with Gasteiger partial charge in [0.15, 0.2) is 0 Å². The van der Waals surface area contributed by atoms with Crippen molar-refractivity contribution in [1.29, 1.82) is 0 Å². The van der Waals surface area contributed by atoms with Crippen LogP contribution < -0.4 is 4.74 Å². The van der Waals surface area contributed by atoms with Crippen LogP contribution in [0.25, 0.3) is 17.5 Å². The zero-order valence-electron chi connectivity index (χ0n) is 15.4. The highest BCUT2D eigenvalue weighted by Gasteiger charge is 2.36. The van der Waals surface area contributed by atoms with Gasteiger partial charge in [-0.25, -0.2) is 4.98 Å². The van der Waals surface area contributed by atoms with Crippen molar-refractivity contribution < 1.29 is 4.74 Å². The van der Waals surface area contributed by atoms with Gasteiger partial charge in [-0.1, -0.05) is 54.6 Å². The lowest BCUT2D eigenvalue weighted by molar-refractivity contribution is 0.414. The van der Waals surface area contributed by atoms with E-state index in [0.717, 1.165) is 34.8 Å². The highest BCUT2D eigenvalue weighted by atomic mass is 32.1. The van der Waals surface area contributed by atoms with Gasteiger partial charge in [-0.05, 0) is 23.3 Å². The van der Waals surface area contributed by atoms with Crippen LogP contribution in [0.3, 0.4) is 0 Å². The van der Waals surface area contributed by atoms with Gasteiger partial charge < -0.3 is 4.74 Å². The number of hydrogen-bond donors (Lipinski definition) is 1. The Morgan fingerprint density at radius 1 is 1.04 bits per heavy atom. The second kappa shape index (κ2) is 6.77. The number of nitrogens with one attached hydrogen (secondary N) is 1. The predicted octanol–water partition coefficient (Wildman–Crippen LogP) is 5.10. The van der Waals surface area contributed by atoms with Crippen molar-refractivity contribution in [2.24, 2.45) is 0 Å². The van der Waals surface area contributed by atoms with E-state index in [2.05, 4.69) is 69.8 Å². The molecule has 4 aromatic rings. The molecule has 1 aliphatic rings. The van der Waals surface area contributed by atoms with Gasteiger partial charge in [0.05, 0.1) is 12.6 Å². The third kappa shape index (κ3) is 2.67. The number of fused-ring (bicyclic) bond motifs is 1. The van der Waals surface area contributed by atoms with Gasteiger partial charge in [0.2, 0.25) is 0 Å². The Morgan fingerprint density at radius 3 is 2.54 bits per heavy atom. The highest BCUT2D eigenvalue weighted by Crippen LogP contribution is 2.43. The Balaban J connectivity index is 1.65. The first-order valence-corrected chi connectivity index (χ1v) is 10.1. The number of ether oxygens (including phenoxy) is 1. The molecule has 2 aromatic heterocycles. The quantitative estimate of drug-likeness (QED) is 0.532. The van der Waals surface area contributed by atoms with E-state index in [9.17, 15) is 0 Å². The summed E-state index contributed by atoms with van der Waals surface area (Å²) in [5.74, 6) is 0.861. The van der Waals surface area contributed by atoms with Crippen LogP contribution in [0.15, 0.2) is 71.6 Å². The number of nitrogens with zero attached hydrogens (tertiary/aromatic N) is 2. The molecule has 4 nitrogen and oxygen atoms in total. The average molecular weight is 385 g/mol. The Hall–Kier alpha value is -3.18. The number of benzene rings is 2. The van der Waals surface area contributed by atoms with E-state index in [1.54, 1.807) is 18.4 Å². The van der Waals surface area contributed by atoms with E-state index in [1.165, 1.54) is 11.1 Å². The van der Waals surface area contributed by atoms with E-state index in [1.807, 2.05) is 23.0 Å². The Bertz CT molecular complexity index is 1110. The first kappa shape index (κ1) is 17.0. The monoisotopic (exact) mass is 385 g/mol. The van der Waals surface area contributed by atoms with Crippen LogP contribution in [-0.2, 0) is 11.8 Å². The molecular formula is C23H19N3OS. The molecule has 5 heteroatoms. The lowest BCUT2D eigenvalue weighted by atomic mass is 9.68. The first-order valence-electron chi connectivity index (χ1n) is 9.15. The molecule has 138 valence electrons. The molecule has 1 unspecified atom stereocenters. The number of H-pyrrole nitrogens is 1. The molecule has 5 rings (SSSR count). The van der Waals surface area contributed by atoms with Gasteiger partial charge in [0.1, 0.15) is 17.1 Å². The molecular weight excluding hydrogens is 366 g/mol. The van der Waals surface area contributed by atoms with E-state index >= 15 is 0 Å². The highest BCUT2D eigenvalue weighted by molar-refractivity contribution is 7.07. The summed E-state index contributed by atoms with van der Waals surface area (Å²) >= 11 is 1.58. The topological polar surface area (TPSA) is 50.8 Å². The number of aromatic nitrogens is 3. The maximum atomic E-state index is 5.36. The molecule has 0 radical (unpaired) electrons. The summed E-state index contributed by atoms with van der Waals surface area (Å²) < 4.78 is 5.36. The third-order valence-corrected chi connectivity index (χ3v) is 6.03. The molecule has 1 N–H and O–H groups in total. The number of hydrogen-bond acceptors (Lipinski definition) is 4. The average Bonchev–Trinajstić information content (AvgIpc) is 3.43. The van der Waals surface area contributed by atoms with E-state index in [0.29, 0.717) is 0 Å². The van der Waals surface area contributed by atoms with E-state index in [-0.39, 0.29) is 5.41 Å². The van der Waals surface area contributed by atoms with Crippen molar-refractivity contribution >= 4 is 17.4 Å². The smallest absolute Gasteiger partial charge is 0.119 e. The fourth-order valence-corrected chi connectivity index (χ4v) is 4.51. The van der Waals surface area contributed by atoms with Crippen LogP contribution in [0, 0.1) is 0 Å². The van der Waals surface area contributed by atoms with Crippen LogP contribution in [0.4, 0.5) is 0 Å². The SMILES string of the molecule is COc1ccc(C2(c3ccccc3)C=Cc3c(-c4cscn4)n[nH]c3C2)cc1. The Morgan fingerprint density at radius 2 is 1.82 bits per heavy atom. The number of rotatable bonds is 4. The number of aromatic amines is 1. The van der Waals surface area contributed by atoms with Gasteiger partial charge >= 0.3 is 0 Å². The molecule has 0 saturated carbocycles. The zero-order valence-corrected chi connectivity index (χ0v) is 16.2. The van der Waals surface area contributed by atoms with Crippen LogP contribution in [0.5, 0.6) is 5.75 Å². The van der Waals surface area contributed by atoms with Crippen LogP contribution in [0.1, 0.15) is 22.4 Å². The fraction of sp³-hybridized carbons (Fsp3) is 0.130. The summed E-state index contributed by atoms with van der Waals surface area (Å²) in [6, 6.07) is 19.0. The maximum Gasteiger partial charge on any atom is 0.119 e. The van der Waals surface area contributed by atoms with Crippen molar-refractivity contribution in [2.75, 3.05) is 7.11 Å². The minimum atomic E-state index is -0.258. The molecule has 1 atom stereocenters. The molecule has 0 amide bonds. The molecule has 28 heavy (non-hydrogen) atoms. The van der Waals surface area contributed by atoms with Crippen LogP contribution >= 0.6 is 11.3 Å². The second-order valence-corrected chi connectivity index (χ2v) is 7.63. The van der Waals surface area contributed by atoms with Gasteiger partial charge in [0, 0.05) is 28.5 Å². The number of thiazole rings is 1. The Kier molecular flexibility index (Phi) is 4.10. The summed E-state index contributed by atoms with van der Waals surface area (Å²) in [6.07, 6.45) is 5.30. The molecule has 0 fully saturated rings. The van der Waals surface area contributed by atoms with Crippen molar-refractivity contribution in [3.05, 3.63) is 93.9 Å². The van der Waals surface area contributed by atoms with E-state index in [4.69, 9.17) is 4.74 Å². The largest absolute Gasteiger partial charge is 0.497 e. The minimum absolute atomic E-state index is 0.258. The third-order valence-electron chi connectivity index (χ3n) is 5.44. The normalized spacial score (nSPS) is 18.0. The molecule has 0 saturated heterocycles. The molecule has 2 heterocycles. The zero-order chi connectivity index (χ0) is 19.0. The maximum absolute atomic E-state index is 5.36. The van der Waals surface area contributed by atoms with Crippen LogP contribution in [0.2, 0.25) is 0 Å². The van der Waals surface area contributed by atoms with Crippen molar-refractivity contribution in [3.8, 4) is 17.1 Å². The summed E-state index contributed by atoms with van der Waals surface area (Å²) in [5.41, 5.74) is 8.17. The summed E-state index contributed by atoms with van der Waals surface area (Å²) in [5, 5.41) is 9.87. The van der Waals surface area contributed by atoms with Crippen molar-refractivity contribution in [2.45, 2.75) is 11.8 Å². The summed E-state index contributed by atoms with van der Waals surface area (Å²) in [6.45, 7) is 0. The lowest BCUT2D eigenvalue weighted by Crippen LogP contribution is -2.30.